The van der Waals surface area contributed by atoms with Crippen LogP contribution in [0.2, 0.25) is 0 Å². The molecule has 6 heteroatoms. The van der Waals surface area contributed by atoms with Crippen molar-refractivity contribution in [2.24, 2.45) is 0 Å². The van der Waals surface area contributed by atoms with Gasteiger partial charge in [-0.3, -0.25) is 4.79 Å². The minimum atomic E-state index is -0.576. The highest BCUT2D eigenvalue weighted by Crippen LogP contribution is 2.31. The first kappa shape index (κ1) is 16.2. The molecule has 0 radical (unpaired) electrons. The molecule has 0 atom stereocenters. The molecule has 0 saturated carbocycles. The lowest BCUT2D eigenvalue weighted by Crippen LogP contribution is -2.17. The molecular weight excluding hydrogens is 334 g/mol. The van der Waals surface area contributed by atoms with Gasteiger partial charge in [0.05, 0.1) is 5.56 Å². The van der Waals surface area contributed by atoms with Crippen molar-refractivity contribution in [2.75, 3.05) is 19.8 Å². The van der Waals surface area contributed by atoms with Crippen molar-refractivity contribution in [2.45, 2.75) is 6.92 Å². The molecule has 0 amide bonds. The lowest BCUT2D eigenvalue weighted by atomic mass is 10.1. The third kappa shape index (κ3) is 2.90. The summed E-state index contributed by atoms with van der Waals surface area (Å²) in [5.74, 6) is 0.279. The summed E-state index contributed by atoms with van der Waals surface area (Å²) in [6.07, 6.45) is 0. The van der Waals surface area contributed by atoms with E-state index in [0.717, 1.165) is 16.6 Å². The Balaban J connectivity index is 1.49. The van der Waals surface area contributed by atoms with Crippen LogP contribution in [0.5, 0.6) is 11.5 Å². The van der Waals surface area contributed by atoms with Gasteiger partial charge in [-0.2, -0.15) is 0 Å². The molecule has 4 rings (SSSR count). The van der Waals surface area contributed by atoms with E-state index in [0.29, 0.717) is 35.8 Å². The molecule has 3 aromatic rings. The monoisotopic (exact) mass is 351 g/mol. The minimum absolute atomic E-state index is 0.245. The van der Waals surface area contributed by atoms with Crippen LogP contribution in [0.4, 0.5) is 0 Å². The van der Waals surface area contributed by atoms with E-state index in [1.807, 2.05) is 31.2 Å². The Morgan fingerprint density at radius 1 is 1.08 bits per heavy atom. The van der Waals surface area contributed by atoms with Crippen molar-refractivity contribution in [1.29, 1.82) is 0 Å². The highest BCUT2D eigenvalue weighted by atomic mass is 16.6. The number of ketones is 1. The summed E-state index contributed by atoms with van der Waals surface area (Å²) in [4.78, 5) is 28.0. The number of aromatic amines is 1. The van der Waals surface area contributed by atoms with Crippen LogP contribution in [0, 0.1) is 6.92 Å². The van der Waals surface area contributed by atoms with Gasteiger partial charge in [-0.15, -0.1) is 0 Å². The van der Waals surface area contributed by atoms with Gasteiger partial charge in [0.2, 0.25) is 5.78 Å². The lowest BCUT2D eigenvalue weighted by Gasteiger charge is -2.18. The fraction of sp³-hybridized carbons (Fsp3) is 0.200. The van der Waals surface area contributed by atoms with Gasteiger partial charge in [-0.25, -0.2) is 4.79 Å². The Kier molecular flexibility index (Phi) is 4.08. The summed E-state index contributed by atoms with van der Waals surface area (Å²) in [6, 6.07) is 12.4. The van der Waals surface area contributed by atoms with E-state index in [2.05, 4.69) is 4.98 Å². The van der Waals surface area contributed by atoms with Crippen molar-refractivity contribution < 1.29 is 23.8 Å². The Labute approximate surface area is 149 Å². The minimum Gasteiger partial charge on any atom is -0.486 e. The number of para-hydroxylation sites is 1. The number of aryl methyl sites for hydroxylation is 1. The van der Waals surface area contributed by atoms with Crippen molar-refractivity contribution in [3.63, 3.8) is 0 Å². The number of esters is 1. The topological polar surface area (TPSA) is 77.6 Å². The van der Waals surface area contributed by atoms with Crippen molar-refractivity contribution in [3.8, 4) is 11.5 Å². The Morgan fingerprint density at radius 2 is 1.85 bits per heavy atom. The molecule has 0 unspecified atom stereocenters. The molecule has 1 aliphatic heterocycles. The van der Waals surface area contributed by atoms with Gasteiger partial charge < -0.3 is 19.2 Å². The number of H-pyrrole nitrogens is 1. The maximum atomic E-state index is 12.6. The first-order chi connectivity index (χ1) is 12.6. The summed E-state index contributed by atoms with van der Waals surface area (Å²) >= 11 is 0. The quantitative estimate of drug-likeness (QED) is 0.576. The third-order valence-corrected chi connectivity index (χ3v) is 4.28. The second-order valence-electron chi connectivity index (χ2n) is 6.03. The number of nitrogens with one attached hydrogen (secondary N) is 1. The number of hydrogen-bond donors (Lipinski definition) is 1. The maximum Gasteiger partial charge on any atom is 0.338 e. The van der Waals surface area contributed by atoms with Crippen LogP contribution in [0.3, 0.4) is 0 Å². The molecule has 0 spiro atoms. The molecule has 2 aromatic carbocycles. The van der Waals surface area contributed by atoms with Gasteiger partial charge in [0.1, 0.15) is 13.2 Å². The fourth-order valence-corrected chi connectivity index (χ4v) is 3.09. The van der Waals surface area contributed by atoms with Crippen molar-refractivity contribution in [1.82, 2.24) is 4.98 Å². The highest BCUT2D eigenvalue weighted by Gasteiger charge is 2.19. The molecule has 1 aromatic heterocycles. The second-order valence-corrected chi connectivity index (χ2v) is 6.03. The molecule has 1 aliphatic rings. The summed E-state index contributed by atoms with van der Waals surface area (Å²) in [5, 5.41) is 0.824. The zero-order chi connectivity index (χ0) is 18.1. The average molecular weight is 351 g/mol. The molecule has 0 aliphatic carbocycles. The number of carbonyl (C=O) groups is 2. The number of ether oxygens (including phenoxy) is 3. The van der Waals surface area contributed by atoms with Crippen molar-refractivity contribution >= 4 is 22.7 Å². The molecule has 6 nitrogen and oxygen atoms in total. The van der Waals surface area contributed by atoms with E-state index in [9.17, 15) is 9.59 Å². The number of aromatic nitrogens is 1. The van der Waals surface area contributed by atoms with Crippen LogP contribution in [0.1, 0.15) is 26.4 Å². The molecule has 0 fully saturated rings. The van der Waals surface area contributed by atoms with Gasteiger partial charge in [-0.05, 0) is 31.2 Å². The predicted molar refractivity (Wildman–Crippen MR) is 95.1 cm³/mol. The molecule has 0 saturated heterocycles. The third-order valence-electron chi connectivity index (χ3n) is 4.28. The van der Waals surface area contributed by atoms with Crippen LogP contribution in [0.25, 0.3) is 10.9 Å². The Bertz CT molecular complexity index is 1000. The SMILES string of the molecule is Cc1[nH]c2ccccc2c1C(=O)COC(=O)c1ccc2c(c1)OCCO2. The van der Waals surface area contributed by atoms with Gasteiger partial charge in [0.25, 0.3) is 0 Å². The second kappa shape index (κ2) is 6.55. The van der Waals surface area contributed by atoms with Crippen LogP contribution >= 0.6 is 0 Å². The molecule has 132 valence electrons. The van der Waals surface area contributed by atoms with Gasteiger partial charge in [-0.1, -0.05) is 18.2 Å². The molecule has 1 N–H and O–H groups in total. The first-order valence-electron chi connectivity index (χ1n) is 8.31. The van der Waals surface area contributed by atoms with Gasteiger partial charge in [0.15, 0.2) is 18.1 Å². The smallest absolute Gasteiger partial charge is 0.338 e. The van der Waals surface area contributed by atoms with E-state index >= 15 is 0 Å². The lowest BCUT2D eigenvalue weighted by molar-refractivity contribution is 0.0474. The number of carbonyl (C=O) groups excluding carboxylic acids is 2. The van der Waals surface area contributed by atoms with E-state index in [4.69, 9.17) is 14.2 Å². The number of rotatable bonds is 4. The van der Waals surface area contributed by atoms with Gasteiger partial charge >= 0.3 is 5.97 Å². The molecule has 2 heterocycles. The van der Waals surface area contributed by atoms with Gasteiger partial charge in [0, 0.05) is 22.2 Å². The maximum absolute atomic E-state index is 12.6. The Morgan fingerprint density at radius 3 is 2.69 bits per heavy atom. The summed E-state index contributed by atoms with van der Waals surface area (Å²) in [6.45, 7) is 2.42. The Hall–Kier alpha value is -3.28. The molecule has 26 heavy (non-hydrogen) atoms. The first-order valence-corrected chi connectivity index (χ1v) is 8.31. The summed E-state index contributed by atoms with van der Waals surface area (Å²) in [7, 11) is 0. The average Bonchev–Trinajstić information content (AvgIpc) is 3.01. The summed E-state index contributed by atoms with van der Waals surface area (Å²) in [5.41, 5.74) is 2.51. The molecule has 0 bridgehead atoms. The van der Waals surface area contributed by atoms with Crippen LogP contribution < -0.4 is 9.47 Å². The predicted octanol–water partition coefficient (Wildman–Crippen LogP) is 3.29. The van der Waals surface area contributed by atoms with Crippen LogP contribution in [-0.2, 0) is 4.74 Å². The molecular formula is C20H17NO5. The zero-order valence-corrected chi connectivity index (χ0v) is 14.2. The van der Waals surface area contributed by atoms with Crippen LogP contribution in [-0.4, -0.2) is 36.6 Å². The fourth-order valence-electron chi connectivity index (χ4n) is 3.09. The van der Waals surface area contributed by atoms with Crippen LogP contribution in [0.15, 0.2) is 42.5 Å². The van der Waals surface area contributed by atoms with E-state index in [1.165, 1.54) is 0 Å². The number of Topliss-reactive ketones (excluding diaryl/α,β-unsaturated/α-hetero) is 1. The van der Waals surface area contributed by atoms with Crippen molar-refractivity contribution in [3.05, 3.63) is 59.3 Å². The van der Waals surface area contributed by atoms with E-state index < -0.39 is 5.97 Å². The largest absolute Gasteiger partial charge is 0.486 e. The standard InChI is InChI=1S/C20H17NO5/c1-12-19(14-4-2-3-5-15(14)21-12)16(22)11-26-20(23)13-6-7-17-18(10-13)25-9-8-24-17/h2-7,10,21H,8-9,11H2,1H3. The highest BCUT2D eigenvalue weighted by molar-refractivity contribution is 6.10. The van der Waals surface area contributed by atoms with E-state index in [1.54, 1.807) is 18.2 Å². The number of fused-ring (bicyclic) bond motifs is 2. The number of benzene rings is 2. The number of hydrogen-bond acceptors (Lipinski definition) is 5. The normalized spacial score (nSPS) is 12.8. The van der Waals surface area contributed by atoms with E-state index in [-0.39, 0.29) is 12.4 Å². The summed E-state index contributed by atoms with van der Waals surface area (Å²) < 4.78 is 16.1. The zero-order valence-electron chi connectivity index (χ0n) is 14.2.